The first-order valence-corrected chi connectivity index (χ1v) is 4.61. The lowest BCUT2D eigenvalue weighted by Crippen LogP contribution is -2.05. The average Bonchev–Trinajstić information content (AvgIpc) is 2.95. The molecule has 0 bridgehead atoms. The van der Waals surface area contributed by atoms with Crippen LogP contribution in [0.1, 0.15) is 18.4 Å². The number of hydrogen-bond donors (Lipinski definition) is 0. The molecule has 1 aliphatic rings. The number of benzene rings is 1. The Bertz CT molecular complexity index is 444. The molecule has 0 spiro atoms. The van der Waals surface area contributed by atoms with Crippen molar-refractivity contribution >= 4 is 0 Å². The van der Waals surface area contributed by atoms with E-state index < -0.39 is 22.9 Å². The van der Waals surface area contributed by atoms with Crippen molar-refractivity contribution in [1.29, 1.82) is 5.26 Å². The number of nitrogens with zero attached hydrogens (tertiary/aromatic N) is 1. The fourth-order valence-corrected chi connectivity index (χ4v) is 1.54. The predicted molar refractivity (Wildman–Crippen MR) is 47.3 cm³/mol. The Morgan fingerprint density at radius 2 is 1.73 bits per heavy atom. The Labute approximate surface area is 85.1 Å². The molecule has 0 radical (unpaired) electrons. The first kappa shape index (κ1) is 10.0. The maximum absolute atomic E-state index is 13.2. The highest BCUT2D eigenvalue weighted by Crippen LogP contribution is 2.47. The Hall–Kier alpha value is -1.50. The van der Waals surface area contributed by atoms with Gasteiger partial charge in [0, 0.05) is 6.07 Å². The van der Waals surface area contributed by atoms with Gasteiger partial charge in [0.05, 0.1) is 11.5 Å². The van der Waals surface area contributed by atoms with Gasteiger partial charge >= 0.3 is 0 Å². The molecule has 0 unspecified atom stereocenters. The molecule has 1 aromatic rings. The summed E-state index contributed by atoms with van der Waals surface area (Å²) in [5.74, 6) is -3.05. The van der Waals surface area contributed by atoms with Crippen LogP contribution in [-0.4, -0.2) is 0 Å². The molecule has 0 saturated heterocycles. The zero-order chi connectivity index (χ0) is 11.1. The maximum atomic E-state index is 13.2. The van der Waals surface area contributed by atoms with E-state index in [1.165, 1.54) is 0 Å². The normalized spacial score (nSPS) is 17.2. The lowest BCUT2D eigenvalue weighted by atomic mass is 9.97. The lowest BCUT2D eigenvalue weighted by Gasteiger charge is -2.07. The molecule has 78 valence electrons. The summed E-state index contributed by atoms with van der Waals surface area (Å²) in [6.45, 7) is 0. The minimum Gasteiger partial charge on any atom is -0.207 e. The highest BCUT2D eigenvalue weighted by Gasteiger charge is 2.43. The van der Waals surface area contributed by atoms with Gasteiger partial charge in [-0.15, -0.1) is 0 Å². The molecule has 1 aliphatic carbocycles. The predicted octanol–water partition coefficient (Wildman–Crippen LogP) is 2.95. The van der Waals surface area contributed by atoms with Gasteiger partial charge in [-0.25, -0.2) is 13.2 Å². The molecule has 1 saturated carbocycles. The SMILES string of the molecule is N#CC1(Cc2cc(F)c(F)cc2F)CC1. The van der Waals surface area contributed by atoms with Crippen molar-refractivity contribution in [3.63, 3.8) is 0 Å². The van der Waals surface area contributed by atoms with Crippen LogP contribution in [0, 0.1) is 34.2 Å². The molecule has 0 heterocycles. The minimum atomic E-state index is -1.20. The summed E-state index contributed by atoms with van der Waals surface area (Å²) in [6, 6.07) is 3.44. The summed E-state index contributed by atoms with van der Waals surface area (Å²) >= 11 is 0. The second kappa shape index (κ2) is 3.27. The van der Waals surface area contributed by atoms with Crippen LogP contribution >= 0.6 is 0 Å². The molecule has 1 fully saturated rings. The Kier molecular flexibility index (Phi) is 2.18. The third-order valence-electron chi connectivity index (χ3n) is 2.71. The van der Waals surface area contributed by atoms with E-state index in [4.69, 9.17) is 5.26 Å². The van der Waals surface area contributed by atoms with Crippen LogP contribution in [0.5, 0.6) is 0 Å². The molecule has 0 atom stereocenters. The van der Waals surface area contributed by atoms with Crippen LogP contribution in [0.15, 0.2) is 12.1 Å². The largest absolute Gasteiger partial charge is 0.207 e. The third-order valence-corrected chi connectivity index (χ3v) is 2.71. The molecule has 0 aromatic heterocycles. The highest BCUT2D eigenvalue weighted by molar-refractivity contribution is 5.26. The first-order valence-electron chi connectivity index (χ1n) is 4.61. The molecule has 15 heavy (non-hydrogen) atoms. The standard InChI is InChI=1S/C11H8F3N/c12-8-4-10(14)9(13)3-7(8)5-11(6-15)1-2-11/h3-4H,1-2,5H2. The van der Waals surface area contributed by atoms with E-state index >= 15 is 0 Å². The highest BCUT2D eigenvalue weighted by atomic mass is 19.2. The summed E-state index contributed by atoms with van der Waals surface area (Å²) in [7, 11) is 0. The molecule has 1 nitrogen and oxygen atoms in total. The number of rotatable bonds is 2. The monoisotopic (exact) mass is 211 g/mol. The Morgan fingerprint density at radius 3 is 2.27 bits per heavy atom. The second-order valence-corrected chi connectivity index (χ2v) is 3.93. The van der Waals surface area contributed by atoms with Gasteiger partial charge in [0.15, 0.2) is 11.6 Å². The Balaban J connectivity index is 2.30. The topological polar surface area (TPSA) is 23.8 Å². The van der Waals surface area contributed by atoms with Crippen molar-refractivity contribution < 1.29 is 13.2 Å². The maximum Gasteiger partial charge on any atom is 0.161 e. The molecular weight excluding hydrogens is 203 g/mol. The summed E-state index contributed by atoms with van der Waals surface area (Å²) in [4.78, 5) is 0. The van der Waals surface area contributed by atoms with Crippen molar-refractivity contribution in [3.8, 4) is 6.07 Å². The van der Waals surface area contributed by atoms with Gasteiger partial charge in [-0.3, -0.25) is 0 Å². The minimum absolute atomic E-state index is 0.0768. The smallest absolute Gasteiger partial charge is 0.161 e. The van der Waals surface area contributed by atoms with Crippen LogP contribution in [0.2, 0.25) is 0 Å². The van der Waals surface area contributed by atoms with Crippen molar-refractivity contribution in [2.75, 3.05) is 0 Å². The van der Waals surface area contributed by atoms with Crippen LogP contribution in [0.4, 0.5) is 13.2 Å². The van der Waals surface area contributed by atoms with Gasteiger partial charge in [0.2, 0.25) is 0 Å². The van der Waals surface area contributed by atoms with Crippen molar-refractivity contribution in [1.82, 2.24) is 0 Å². The van der Waals surface area contributed by atoms with Gasteiger partial charge in [0.25, 0.3) is 0 Å². The molecule has 0 aliphatic heterocycles. The summed E-state index contributed by atoms with van der Waals surface area (Å²) in [6.07, 6.45) is 1.55. The zero-order valence-electron chi connectivity index (χ0n) is 7.86. The summed E-state index contributed by atoms with van der Waals surface area (Å²) < 4.78 is 38.7. The second-order valence-electron chi connectivity index (χ2n) is 3.93. The van der Waals surface area contributed by atoms with Crippen LogP contribution < -0.4 is 0 Å². The van der Waals surface area contributed by atoms with Crippen LogP contribution in [0.3, 0.4) is 0 Å². The van der Waals surface area contributed by atoms with E-state index in [1.807, 2.05) is 0 Å². The van der Waals surface area contributed by atoms with E-state index in [-0.39, 0.29) is 12.0 Å². The fraction of sp³-hybridized carbons (Fsp3) is 0.364. The van der Waals surface area contributed by atoms with Gasteiger partial charge in [-0.05, 0) is 30.9 Å². The van der Waals surface area contributed by atoms with Gasteiger partial charge in [0.1, 0.15) is 5.82 Å². The van der Waals surface area contributed by atoms with Crippen molar-refractivity contribution in [3.05, 3.63) is 35.1 Å². The lowest BCUT2D eigenvalue weighted by molar-refractivity contribution is 0.485. The molecule has 2 rings (SSSR count). The summed E-state index contributed by atoms with van der Waals surface area (Å²) in [5.41, 5.74) is -0.474. The number of halogens is 3. The van der Waals surface area contributed by atoms with E-state index in [2.05, 4.69) is 6.07 Å². The van der Waals surface area contributed by atoms with Gasteiger partial charge in [-0.1, -0.05) is 0 Å². The first-order chi connectivity index (χ1) is 7.06. The fourth-order valence-electron chi connectivity index (χ4n) is 1.54. The number of hydrogen-bond acceptors (Lipinski definition) is 1. The van der Waals surface area contributed by atoms with Gasteiger partial charge < -0.3 is 0 Å². The Morgan fingerprint density at radius 1 is 1.13 bits per heavy atom. The zero-order valence-corrected chi connectivity index (χ0v) is 7.86. The molecule has 0 N–H and O–H groups in total. The van der Waals surface area contributed by atoms with Crippen LogP contribution in [-0.2, 0) is 6.42 Å². The van der Waals surface area contributed by atoms with Crippen LogP contribution in [0.25, 0.3) is 0 Å². The van der Waals surface area contributed by atoms with Gasteiger partial charge in [-0.2, -0.15) is 5.26 Å². The molecule has 0 amide bonds. The number of nitriles is 1. The van der Waals surface area contributed by atoms with Crippen molar-refractivity contribution in [2.45, 2.75) is 19.3 Å². The van der Waals surface area contributed by atoms with E-state index in [0.29, 0.717) is 18.9 Å². The van der Waals surface area contributed by atoms with E-state index in [0.717, 1.165) is 6.07 Å². The van der Waals surface area contributed by atoms with Crippen molar-refractivity contribution in [2.24, 2.45) is 5.41 Å². The van der Waals surface area contributed by atoms with E-state index in [9.17, 15) is 13.2 Å². The average molecular weight is 211 g/mol. The molecular formula is C11H8F3N. The van der Waals surface area contributed by atoms with E-state index in [1.54, 1.807) is 0 Å². The molecule has 4 heteroatoms. The third kappa shape index (κ3) is 1.82. The molecule has 1 aromatic carbocycles. The quantitative estimate of drug-likeness (QED) is 0.690. The summed E-state index contributed by atoms with van der Waals surface area (Å²) in [5, 5.41) is 8.79.